The van der Waals surface area contributed by atoms with Crippen LogP contribution < -0.4 is 10.3 Å². The molecule has 1 fully saturated rings. The molecule has 33 heavy (non-hydrogen) atoms. The number of piperidine rings is 1. The Hall–Kier alpha value is -3.26. The van der Waals surface area contributed by atoms with Crippen molar-refractivity contribution in [1.29, 1.82) is 0 Å². The van der Waals surface area contributed by atoms with Crippen molar-refractivity contribution in [1.82, 2.24) is 19.4 Å². The number of hydrogen-bond donors (Lipinski definition) is 1. The zero-order valence-corrected chi connectivity index (χ0v) is 19.6. The first-order chi connectivity index (χ1) is 16.1. The van der Waals surface area contributed by atoms with Crippen LogP contribution in [0.5, 0.6) is 5.75 Å². The van der Waals surface area contributed by atoms with Crippen molar-refractivity contribution in [3.05, 3.63) is 58.4 Å². The van der Waals surface area contributed by atoms with Gasteiger partial charge in [0, 0.05) is 24.0 Å². The maximum absolute atomic E-state index is 13.8. The number of thioether (sulfide) groups is 1. The molecule has 0 radical (unpaired) electrons. The molecule has 0 unspecified atom stereocenters. The van der Waals surface area contributed by atoms with Gasteiger partial charge in [-0.1, -0.05) is 36.0 Å². The van der Waals surface area contributed by atoms with Crippen LogP contribution in [-0.4, -0.2) is 51.3 Å². The quantitative estimate of drug-likeness (QED) is 0.354. The minimum atomic E-state index is -0.215. The van der Waals surface area contributed by atoms with Crippen molar-refractivity contribution in [3.63, 3.8) is 0 Å². The summed E-state index contributed by atoms with van der Waals surface area (Å²) < 4.78 is 7.14. The fourth-order valence-corrected chi connectivity index (χ4v) is 5.29. The lowest BCUT2D eigenvalue weighted by Gasteiger charge is -2.26. The topological polar surface area (TPSA) is 80.2 Å². The number of carbonyl (C=O) groups is 1. The predicted octanol–water partition coefficient (Wildman–Crippen LogP) is 4.29. The molecule has 3 heterocycles. The van der Waals surface area contributed by atoms with E-state index in [1.165, 1.54) is 18.2 Å². The number of para-hydroxylation sites is 1. The van der Waals surface area contributed by atoms with Crippen LogP contribution in [0, 0.1) is 6.92 Å². The average molecular weight is 463 g/mol. The van der Waals surface area contributed by atoms with Gasteiger partial charge in [-0.3, -0.25) is 9.59 Å². The number of nitrogens with one attached hydrogen (secondary N) is 1. The number of ether oxygens (including phenoxy) is 1. The van der Waals surface area contributed by atoms with Gasteiger partial charge >= 0.3 is 0 Å². The first kappa shape index (κ1) is 21.6. The van der Waals surface area contributed by atoms with Gasteiger partial charge in [0.05, 0.1) is 18.6 Å². The number of carbonyl (C=O) groups excluding carboxylic acids is 1. The van der Waals surface area contributed by atoms with Crippen molar-refractivity contribution in [2.45, 2.75) is 31.3 Å². The highest BCUT2D eigenvalue weighted by Crippen LogP contribution is 2.30. The van der Waals surface area contributed by atoms with Crippen molar-refractivity contribution < 1.29 is 9.53 Å². The summed E-state index contributed by atoms with van der Waals surface area (Å²) in [7, 11) is 1.58. The van der Waals surface area contributed by atoms with Crippen molar-refractivity contribution in [2.24, 2.45) is 0 Å². The van der Waals surface area contributed by atoms with Crippen molar-refractivity contribution >= 4 is 39.6 Å². The number of benzene rings is 2. The molecular formula is C25H26N4O3S. The van der Waals surface area contributed by atoms with Crippen molar-refractivity contribution in [3.8, 4) is 11.4 Å². The molecule has 1 aliphatic rings. The molecule has 2 aromatic carbocycles. The molecule has 1 aliphatic heterocycles. The fraction of sp³-hybridized carbons (Fsp3) is 0.320. The van der Waals surface area contributed by atoms with E-state index in [4.69, 9.17) is 9.72 Å². The number of rotatable bonds is 5. The van der Waals surface area contributed by atoms with Crippen LogP contribution in [0.4, 0.5) is 0 Å². The second-order valence-electron chi connectivity index (χ2n) is 8.33. The van der Waals surface area contributed by atoms with Gasteiger partial charge < -0.3 is 14.6 Å². The summed E-state index contributed by atoms with van der Waals surface area (Å²) in [6.45, 7) is 3.56. The number of fused-ring (bicyclic) bond motifs is 3. The van der Waals surface area contributed by atoms with Crippen molar-refractivity contribution in [2.75, 3.05) is 26.0 Å². The predicted molar refractivity (Wildman–Crippen MR) is 132 cm³/mol. The Kier molecular flexibility index (Phi) is 5.85. The summed E-state index contributed by atoms with van der Waals surface area (Å²) in [6, 6.07) is 13.4. The summed E-state index contributed by atoms with van der Waals surface area (Å²) >= 11 is 1.30. The van der Waals surface area contributed by atoms with Gasteiger partial charge in [-0.15, -0.1) is 0 Å². The molecule has 8 heteroatoms. The third kappa shape index (κ3) is 3.99. The minimum absolute atomic E-state index is 0.0794. The van der Waals surface area contributed by atoms with Crippen LogP contribution in [-0.2, 0) is 4.79 Å². The van der Waals surface area contributed by atoms with Crippen LogP contribution in [0.1, 0.15) is 24.8 Å². The lowest BCUT2D eigenvalue weighted by Crippen LogP contribution is -2.36. The van der Waals surface area contributed by atoms with Gasteiger partial charge in [-0.25, -0.2) is 9.55 Å². The molecule has 0 bridgehead atoms. The smallest absolute Gasteiger partial charge is 0.283 e. The van der Waals surface area contributed by atoms with E-state index in [0.717, 1.165) is 42.4 Å². The second kappa shape index (κ2) is 8.94. The number of amides is 1. The highest BCUT2D eigenvalue weighted by molar-refractivity contribution is 7.99. The number of methoxy groups -OCH3 is 1. The number of nitrogens with zero attached hydrogens (tertiary/aromatic N) is 3. The zero-order valence-electron chi connectivity index (χ0n) is 18.8. The van der Waals surface area contributed by atoms with Crippen LogP contribution >= 0.6 is 11.8 Å². The second-order valence-corrected chi connectivity index (χ2v) is 9.28. The first-order valence-corrected chi connectivity index (χ1v) is 12.1. The molecule has 1 amide bonds. The monoisotopic (exact) mass is 462 g/mol. The van der Waals surface area contributed by atoms with E-state index in [1.807, 2.05) is 54.3 Å². The van der Waals surface area contributed by atoms with E-state index in [1.54, 1.807) is 11.7 Å². The Morgan fingerprint density at radius 2 is 1.94 bits per heavy atom. The average Bonchev–Trinajstić information content (AvgIpc) is 3.22. The number of aromatic nitrogens is 3. The molecular weight excluding hydrogens is 436 g/mol. The zero-order chi connectivity index (χ0) is 22.9. The molecule has 7 nitrogen and oxygen atoms in total. The molecule has 0 spiro atoms. The Morgan fingerprint density at radius 1 is 1.15 bits per heavy atom. The minimum Gasteiger partial charge on any atom is -0.495 e. The Morgan fingerprint density at radius 3 is 2.73 bits per heavy atom. The molecule has 4 aromatic rings. The molecule has 170 valence electrons. The van der Waals surface area contributed by atoms with Gasteiger partial charge in [0.25, 0.3) is 5.56 Å². The standard InChI is InChI=1S/C25H26N4O3S/c1-16-10-11-20(32-2)19(14-16)29-24(31)23-22(17-8-4-5-9-18(17)26-23)27-25(29)33-15-21(30)28-12-6-3-7-13-28/h4-5,8-11,14,26H,3,6-7,12-13,15H2,1-2H3. The van der Waals surface area contributed by atoms with Gasteiger partial charge in [0.1, 0.15) is 16.8 Å². The number of hydrogen-bond acceptors (Lipinski definition) is 5. The van der Waals surface area contributed by atoms with Gasteiger partial charge in [-0.05, 0) is 49.9 Å². The maximum Gasteiger partial charge on any atom is 0.283 e. The molecule has 0 saturated carbocycles. The molecule has 2 aromatic heterocycles. The van der Waals surface area contributed by atoms with Crippen LogP contribution in [0.3, 0.4) is 0 Å². The number of aryl methyl sites for hydroxylation is 1. The van der Waals surface area contributed by atoms with Crippen LogP contribution in [0.25, 0.3) is 27.6 Å². The number of H-pyrrole nitrogens is 1. The molecule has 1 N–H and O–H groups in total. The lowest BCUT2D eigenvalue weighted by molar-refractivity contribution is -0.129. The molecule has 5 rings (SSSR count). The van der Waals surface area contributed by atoms with E-state index >= 15 is 0 Å². The summed E-state index contributed by atoms with van der Waals surface area (Å²) in [5.74, 6) is 0.883. The lowest BCUT2D eigenvalue weighted by atomic mass is 10.1. The Labute approximate surface area is 195 Å². The summed E-state index contributed by atoms with van der Waals surface area (Å²) in [5, 5.41) is 1.36. The van der Waals surface area contributed by atoms with Gasteiger partial charge in [-0.2, -0.15) is 0 Å². The normalized spacial score (nSPS) is 14.2. The van der Waals surface area contributed by atoms with Gasteiger partial charge in [0.2, 0.25) is 5.91 Å². The number of likely N-dealkylation sites (tertiary alicyclic amines) is 1. The largest absolute Gasteiger partial charge is 0.495 e. The van der Waals surface area contributed by atoms with E-state index in [-0.39, 0.29) is 17.2 Å². The third-order valence-corrected chi connectivity index (χ3v) is 7.03. The molecule has 0 aliphatic carbocycles. The van der Waals surface area contributed by atoms with E-state index in [2.05, 4.69) is 4.98 Å². The third-order valence-electron chi connectivity index (χ3n) is 6.10. The highest BCUT2D eigenvalue weighted by atomic mass is 32.2. The maximum atomic E-state index is 13.8. The van der Waals surface area contributed by atoms with E-state index in [9.17, 15) is 9.59 Å². The van der Waals surface area contributed by atoms with E-state index < -0.39 is 0 Å². The Bertz CT molecular complexity index is 1400. The SMILES string of the molecule is COc1ccc(C)cc1-n1c(SCC(=O)N2CCCCC2)nc2c([nH]c3ccccc32)c1=O. The number of aromatic amines is 1. The first-order valence-electron chi connectivity index (χ1n) is 11.2. The highest BCUT2D eigenvalue weighted by Gasteiger charge is 2.22. The fourth-order valence-electron chi connectivity index (χ4n) is 4.39. The Balaban J connectivity index is 1.66. The van der Waals surface area contributed by atoms with Crippen LogP contribution in [0.15, 0.2) is 52.4 Å². The summed E-state index contributed by atoms with van der Waals surface area (Å²) in [6.07, 6.45) is 3.25. The van der Waals surface area contributed by atoms with E-state index in [0.29, 0.717) is 27.6 Å². The van der Waals surface area contributed by atoms with Crippen LogP contribution in [0.2, 0.25) is 0 Å². The summed E-state index contributed by atoms with van der Waals surface area (Å²) in [5.41, 5.74) is 3.30. The van der Waals surface area contributed by atoms with Gasteiger partial charge in [0.15, 0.2) is 5.16 Å². The molecule has 1 saturated heterocycles. The summed E-state index contributed by atoms with van der Waals surface area (Å²) in [4.78, 5) is 36.7. The molecule has 0 atom stereocenters.